The van der Waals surface area contributed by atoms with Gasteiger partial charge in [-0.15, -0.1) is 11.3 Å². The largest absolute Gasteiger partial charge is 0.357 e. The average molecular weight is 351 g/mol. The SMILES string of the molecule is CCNC(=NCCc1cc(F)cc(F)c1)N(C)CCc1cccs1. The Morgan fingerprint density at radius 1 is 1.21 bits per heavy atom. The molecule has 0 saturated heterocycles. The quantitative estimate of drug-likeness (QED) is 0.608. The number of nitrogens with zero attached hydrogens (tertiary/aromatic N) is 2. The number of hydrogen-bond donors (Lipinski definition) is 1. The van der Waals surface area contributed by atoms with Gasteiger partial charge in [0.25, 0.3) is 0 Å². The van der Waals surface area contributed by atoms with Gasteiger partial charge < -0.3 is 10.2 Å². The number of thiophene rings is 1. The average Bonchev–Trinajstić information content (AvgIpc) is 3.04. The van der Waals surface area contributed by atoms with Crippen LogP contribution in [0.25, 0.3) is 0 Å². The molecule has 1 aromatic heterocycles. The molecule has 0 fully saturated rings. The van der Waals surface area contributed by atoms with E-state index in [1.165, 1.54) is 17.0 Å². The summed E-state index contributed by atoms with van der Waals surface area (Å²) in [6.07, 6.45) is 1.47. The van der Waals surface area contributed by atoms with E-state index in [1.54, 1.807) is 11.3 Å². The third-order valence-electron chi connectivity index (χ3n) is 3.55. The normalized spacial score (nSPS) is 11.6. The molecule has 0 saturated carbocycles. The molecule has 0 bridgehead atoms. The van der Waals surface area contributed by atoms with E-state index in [0.717, 1.165) is 31.5 Å². The molecule has 0 radical (unpaired) electrons. The Morgan fingerprint density at radius 3 is 2.58 bits per heavy atom. The minimum Gasteiger partial charge on any atom is -0.357 e. The topological polar surface area (TPSA) is 27.6 Å². The Bertz CT molecular complexity index is 636. The molecule has 0 spiro atoms. The minimum atomic E-state index is -0.547. The molecule has 6 heteroatoms. The highest BCUT2D eigenvalue weighted by molar-refractivity contribution is 7.09. The molecule has 0 aliphatic rings. The first-order valence-electron chi connectivity index (χ1n) is 8.05. The lowest BCUT2D eigenvalue weighted by Gasteiger charge is -2.21. The number of nitrogens with one attached hydrogen (secondary N) is 1. The van der Waals surface area contributed by atoms with Gasteiger partial charge in [-0.3, -0.25) is 4.99 Å². The van der Waals surface area contributed by atoms with Crippen molar-refractivity contribution in [2.24, 2.45) is 4.99 Å². The minimum absolute atomic E-state index is 0.481. The molecule has 0 aliphatic carbocycles. The zero-order chi connectivity index (χ0) is 17.4. The van der Waals surface area contributed by atoms with Gasteiger partial charge in [0.15, 0.2) is 5.96 Å². The van der Waals surface area contributed by atoms with E-state index in [4.69, 9.17) is 0 Å². The third kappa shape index (κ3) is 5.92. The summed E-state index contributed by atoms with van der Waals surface area (Å²) in [7, 11) is 2.00. The summed E-state index contributed by atoms with van der Waals surface area (Å²) in [4.78, 5) is 7.98. The van der Waals surface area contributed by atoms with Crippen LogP contribution in [-0.2, 0) is 12.8 Å². The molecule has 1 N–H and O–H groups in total. The number of aliphatic imine (C=N–C) groups is 1. The van der Waals surface area contributed by atoms with Crippen molar-refractivity contribution in [2.75, 3.05) is 26.7 Å². The standard InChI is InChI=1S/C18H23F2N3S/c1-3-21-18(23(2)9-7-17-5-4-10-24-17)22-8-6-14-11-15(19)13-16(20)12-14/h4-5,10-13H,3,6-9H2,1-2H3,(H,21,22). The van der Waals surface area contributed by atoms with Gasteiger partial charge in [0.05, 0.1) is 0 Å². The summed E-state index contributed by atoms with van der Waals surface area (Å²) in [5, 5.41) is 5.33. The highest BCUT2D eigenvalue weighted by atomic mass is 32.1. The third-order valence-corrected chi connectivity index (χ3v) is 4.49. The van der Waals surface area contributed by atoms with Crippen molar-refractivity contribution >= 4 is 17.3 Å². The van der Waals surface area contributed by atoms with Gasteiger partial charge in [-0.1, -0.05) is 6.07 Å². The second kappa shape index (κ2) is 9.37. The molecule has 2 rings (SSSR count). The first-order chi connectivity index (χ1) is 11.6. The van der Waals surface area contributed by atoms with E-state index in [-0.39, 0.29) is 0 Å². The van der Waals surface area contributed by atoms with E-state index in [0.29, 0.717) is 18.5 Å². The van der Waals surface area contributed by atoms with Crippen molar-refractivity contribution in [2.45, 2.75) is 19.8 Å². The molecule has 1 aromatic carbocycles. The lowest BCUT2D eigenvalue weighted by molar-refractivity contribution is 0.487. The van der Waals surface area contributed by atoms with Crippen molar-refractivity contribution in [1.82, 2.24) is 10.2 Å². The van der Waals surface area contributed by atoms with Crippen LogP contribution < -0.4 is 5.32 Å². The van der Waals surface area contributed by atoms with Crippen LogP contribution in [0.1, 0.15) is 17.4 Å². The lowest BCUT2D eigenvalue weighted by atomic mass is 10.1. The van der Waals surface area contributed by atoms with E-state index < -0.39 is 11.6 Å². The lowest BCUT2D eigenvalue weighted by Crippen LogP contribution is -2.40. The molecule has 0 atom stereocenters. The summed E-state index contributed by atoms with van der Waals surface area (Å²) in [5.74, 6) is -0.283. The van der Waals surface area contributed by atoms with Crippen molar-refractivity contribution in [3.05, 3.63) is 57.8 Å². The maximum Gasteiger partial charge on any atom is 0.193 e. The van der Waals surface area contributed by atoms with Gasteiger partial charge >= 0.3 is 0 Å². The molecule has 2 aromatic rings. The predicted molar refractivity (Wildman–Crippen MR) is 96.7 cm³/mol. The van der Waals surface area contributed by atoms with Gasteiger partial charge in [-0.25, -0.2) is 8.78 Å². The predicted octanol–water partition coefficient (Wildman–Crippen LogP) is 3.71. The summed E-state index contributed by atoms with van der Waals surface area (Å²) >= 11 is 1.75. The highest BCUT2D eigenvalue weighted by Gasteiger charge is 2.06. The van der Waals surface area contributed by atoms with E-state index in [9.17, 15) is 8.78 Å². The first-order valence-corrected chi connectivity index (χ1v) is 8.93. The fourth-order valence-electron chi connectivity index (χ4n) is 2.35. The molecule has 3 nitrogen and oxygen atoms in total. The fraction of sp³-hybridized carbons (Fsp3) is 0.389. The summed E-state index contributed by atoms with van der Waals surface area (Å²) < 4.78 is 26.4. The fourth-order valence-corrected chi connectivity index (χ4v) is 3.05. The van der Waals surface area contributed by atoms with Crippen LogP contribution in [0.5, 0.6) is 0 Å². The van der Waals surface area contributed by atoms with Gasteiger partial charge in [-0.05, 0) is 48.9 Å². The molecular weight excluding hydrogens is 328 g/mol. The smallest absolute Gasteiger partial charge is 0.193 e. The zero-order valence-corrected chi connectivity index (χ0v) is 14.9. The Morgan fingerprint density at radius 2 is 1.96 bits per heavy atom. The van der Waals surface area contributed by atoms with Crippen LogP contribution in [0.15, 0.2) is 40.7 Å². The number of guanidine groups is 1. The van der Waals surface area contributed by atoms with Crippen molar-refractivity contribution < 1.29 is 8.78 Å². The number of hydrogen-bond acceptors (Lipinski definition) is 2. The van der Waals surface area contributed by atoms with Crippen LogP contribution in [0, 0.1) is 11.6 Å². The second-order valence-electron chi connectivity index (χ2n) is 5.51. The first kappa shape index (κ1) is 18.4. The van der Waals surface area contributed by atoms with Crippen molar-refractivity contribution in [3.63, 3.8) is 0 Å². The zero-order valence-electron chi connectivity index (χ0n) is 14.1. The molecule has 24 heavy (non-hydrogen) atoms. The molecule has 0 unspecified atom stereocenters. The number of benzene rings is 1. The second-order valence-corrected chi connectivity index (χ2v) is 6.55. The number of halogens is 2. The number of rotatable bonds is 7. The summed E-state index contributed by atoms with van der Waals surface area (Å²) in [5.41, 5.74) is 0.619. The van der Waals surface area contributed by atoms with Gasteiger partial charge in [0.2, 0.25) is 0 Å². The maximum absolute atomic E-state index is 13.2. The summed E-state index contributed by atoms with van der Waals surface area (Å²) in [6.45, 7) is 4.14. The van der Waals surface area contributed by atoms with E-state index in [1.807, 2.05) is 14.0 Å². The van der Waals surface area contributed by atoms with Gasteiger partial charge in [0.1, 0.15) is 11.6 Å². The van der Waals surface area contributed by atoms with Crippen molar-refractivity contribution in [3.8, 4) is 0 Å². The van der Waals surface area contributed by atoms with Crippen LogP contribution in [0.2, 0.25) is 0 Å². The molecule has 130 valence electrons. The molecule has 0 amide bonds. The maximum atomic E-state index is 13.2. The van der Waals surface area contributed by atoms with Crippen molar-refractivity contribution in [1.29, 1.82) is 0 Å². The molecule has 1 heterocycles. The van der Waals surface area contributed by atoms with Gasteiger partial charge in [-0.2, -0.15) is 0 Å². The van der Waals surface area contributed by atoms with Crippen LogP contribution in [-0.4, -0.2) is 37.5 Å². The van der Waals surface area contributed by atoms with E-state index in [2.05, 4.69) is 32.7 Å². The Kier molecular flexibility index (Phi) is 7.18. The Hall–Kier alpha value is -1.95. The number of likely N-dealkylation sites (N-methyl/N-ethyl adjacent to an activating group) is 1. The molecule has 0 aliphatic heterocycles. The molecular formula is C18H23F2N3S. The van der Waals surface area contributed by atoms with Gasteiger partial charge in [0, 0.05) is 37.6 Å². The van der Waals surface area contributed by atoms with Crippen LogP contribution in [0.4, 0.5) is 8.78 Å². The Labute approximate surface area is 146 Å². The highest BCUT2D eigenvalue weighted by Crippen LogP contribution is 2.10. The van der Waals surface area contributed by atoms with Crippen LogP contribution in [0.3, 0.4) is 0 Å². The van der Waals surface area contributed by atoms with Crippen LogP contribution >= 0.6 is 11.3 Å². The Balaban J connectivity index is 1.91. The van der Waals surface area contributed by atoms with E-state index >= 15 is 0 Å². The summed E-state index contributed by atoms with van der Waals surface area (Å²) in [6, 6.07) is 7.77. The monoisotopic (exact) mass is 351 g/mol.